The molecule has 1 aliphatic rings. The van der Waals surface area contributed by atoms with Gasteiger partial charge >= 0.3 is 5.97 Å². The molecule has 184 valence electrons. The number of aromatic nitrogens is 1. The highest BCUT2D eigenvalue weighted by Gasteiger charge is 2.28. The van der Waals surface area contributed by atoms with Crippen LogP contribution in [-0.2, 0) is 11.3 Å². The highest BCUT2D eigenvalue weighted by Crippen LogP contribution is 2.38. The fourth-order valence-electron chi connectivity index (χ4n) is 4.69. The van der Waals surface area contributed by atoms with E-state index in [1.54, 1.807) is 28.6 Å². The molecule has 1 aliphatic heterocycles. The van der Waals surface area contributed by atoms with Crippen LogP contribution in [0.2, 0.25) is 0 Å². The van der Waals surface area contributed by atoms with Gasteiger partial charge in [0.15, 0.2) is 5.78 Å². The number of carbonyl (C=O) groups is 2. The van der Waals surface area contributed by atoms with Crippen molar-refractivity contribution in [3.63, 3.8) is 0 Å². The summed E-state index contributed by atoms with van der Waals surface area (Å²) < 4.78 is 9.56. The van der Waals surface area contributed by atoms with E-state index >= 15 is 0 Å². The Kier molecular flexibility index (Phi) is 7.36. The Hall–Kier alpha value is -3.20. The van der Waals surface area contributed by atoms with Gasteiger partial charge in [0.1, 0.15) is 12.3 Å². The third kappa shape index (κ3) is 5.31. The summed E-state index contributed by atoms with van der Waals surface area (Å²) >= 11 is 3.05. The third-order valence-electron chi connectivity index (χ3n) is 6.35. The van der Waals surface area contributed by atoms with E-state index in [9.17, 15) is 14.7 Å². The SMILES string of the molecule is CSOc1ccc(SN2CCC(c3cn(CC(=O)O)c4cc(C(=O)c5ccccc5)ccc34)C2)cc1. The van der Waals surface area contributed by atoms with Crippen LogP contribution in [-0.4, -0.2) is 45.1 Å². The molecule has 0 saturated carbocycles. The molecule has 1 N–H and O–H groups in total. The number of nitrogens with zero attached hydrogens (tertiary/aromatic N) is 2. The topological polar surface area (TPSA) is 71.8 Å². The number of carbonyl (C=O) groups excluding carboxylic acids is 1. The van der Waals surface area contributed by atoms with E-state index in [4.69, 9.17) is 4.18 Å². The number of ketones is 1. The van der Waals surface area contributed by atoms with E-state index in [0.29, 0.717) is 11.1 Å². The van der Waals surface area contributed by atoms with E-state index in [-0.39, 0.29) is 18.2 Å². The third-order valence-corrected chi connectivity index (χ3v) is 7.78. The Balaban J connectivity index is 1.39. The fourth-order valence-corrected chi connectivity index (χ4v) is 6.00. The average Bonchev–Trinajstić information content (AvgIpc) is 3.49. The van der Waals surface area contributed by atoms with Crippen molar-refractivity contribution in [2.75, 3.05) is 19.3 Å². The van der Waals surface area contributed by atoms with Crippen LogP contribution in [0.15, 0.2) is 83.9 Å². The van der Waals surface area contributed by atoms with Gasteiger partial charge in [-0.2, -0.15) is 0 Å². The van der Waals surface area contributed by atoms with Crippen LogP contribution in [0.25, 0.3) is 10.9 Å². The van der Waals surface area contributed by atoms with Gasteiger partial charge in [0, 0.05) is 58.4 Å². The molecular weight excluding hydrogens is 492 g/mol. The van der Waals surface area contributed by atoms with Gasteiger partial charge in [-0.1, -0.05) is 42.5 Å². The molecule has 0 bridgehead atoms. The molecule has 0 spiro atoms. The minimum Gasteiger partial charge on any atom is -0.480 e. The predicted molar refractivity (Wildman–Crippen MR) is 145 cm³/mol. The predicted octanol–water partition coefficient (Wildman–Crippen LogP) is 6.11. The van der Waals surface area contributed by atoms with E-state index in [1.807, 2.05) is 61.0 Å². The van der Waals surface area contributed by atoms with Crippen molar-refractivity contribution in [3.05, 3.63) is 95.7 Å². The Morgan fingerprint density at radius 3 is 2.53 bits per heavy atom. The highest BCUT2D eigenvalue weighted by atomic mass is 32.2. The average molecular weight is 519 g/mol. The van der Waals surface area contributed by atoms with E-state index in [1.165, 1.54) is 12.0 Å². The Morgan fingerprint density at radius 2 is 1.81 bits per heavy atom. The summed E-state index contributed by atoms with van der Waals surface area (Å²) in [5, 5.41) is 10.5. The van der Waals surface area contributed by atoms with Gasteiger partial charge in [-0.3, -0.25) is 9.59 Å². The standard InChI is InChI=1S/C28H26N2O4S2/c1-35-34-22-8-10-23(11-9-22)36-30-14-13-21(16-30)25-17-29(18-27(31)32)26-15-20(7-12-24(25)26)28(33)19-5-3-2-4-6-19/h2-12,15,17,21H,13-14,16,18H2,1H3,(H,31,32). The second-order valence-electron chi connectivity index (χ2n) is 8.72. The highest BCUT2D eigenvalue weighted by molar-refractivity contribution is 7.97. The normalized spacial score (nSPS) is 15.9. The molecule has 1 aromatic heterocycles. The fraction of sp³-hybridized carbons (Fsp3) is 0.214. The molecule has 2 heterocycles. The van der Waals surface area contributed by atoms with Gasteiger partial charge in [-0.25, -0.2) is 4.31 Å². The van der Waals surface area contributed by atoms with Crippen LogP contribution in [0.5, 0.6) is 5.75 Å². The zero-order valence-electron chi connectivity index (χ0n) is 19.8. The minimum absolute atomic E-state index is 0.0699. The van der Waals surface area contributed by atoms with Crippen LogP contribution in [0.1, 0.15) is 33.8 Å². The minimum atomic E-state index is -0.907. The second-order valence-corrected chi connectivity index (χ2v) is 10.4. The molecule has 36 heavy (non-hydrogen) atoms. The molecular formula is C28H26N2O4S2. The molecule has 6 nitrogen and oxygen atoms in total. The number of carboxylic acid groups (broad SMARTS) is 1. The second kappa shape index (κ2) is 10.8. The van der Waals surface area contributed by atoms with Crippen LogP contribution < -0.4 is 4.18 Å². The van der Waals surface area contributed by atoms with E-state index in [2.05, 4.69) is 16.4 Å². The molecule has 5 rings (SSSR count). The molecule has 3 aromatic carbocycles. The molecule has 0 radical (unpaired) electrons. The summed E-state index contributed by atoms with van der Waals surface area (Å²) in [6.45, 7) is 1.66. The first kappa shape index (κ1) is 24.5. The molecule has 0 amide bonds. The Bertz CT molecular complexity index is 1390. The molecule has 0 aliphatic carbocycles. The molecule has 4 aromatic rings. The number of aliphatic carboxylic acids is 1. The summed E-state index contributed by atoms with van der Waals surface area (Å²) in [5.41, 5.74) is 3.09. The molecule has 1 atom stereocenters. The lowest BCUT2D eigenvalue weighted by Gasteiger charge is -2.15. The largest absolute Gasteiger partial charge is 0.480 e. The number of fused-ring (bicyclic) bond motifs is 1. The number of rotatable bonds is 9. The summed E-state index contributed by atoms with van der Waals surface area (Å²) in [6.07, 6.45) is 4.84. The zero-order chi connectivity index (χ0) is 25.1. The van der Waals surface area contributed by atoms with Crippen molar-refractivity contribution in [1.29, 1.82) is 0 Å². The van der Waals surface area contributed by atoms with E-state index < -0.39 is 5.97 Å². The maximum absolute atomic E-state index is 13.0. The van der Waals surface area contributed by atoms with Crippen molar-refractivity contribution in [3.8, 4) is 5.75 Å². The monoisotopic (exact) mass is 518 g/mol. The number of benzene rings is 3. The lowest BCUT2D eigenvalue weighted by Crippen LogP contribution is -2.11. The van der Waals surface area contributed by atoms with Crippen LogP contribution >= 0.6 is 24.0 Å². The maximum atomic E-state index is 13.0. The van der Waals surface area contributed by atoms with Gasteiger partial charge in [0.2, 0.25) is 0 Å². The van der Waals surface area contributed by atoms with E-state index in [0.717, 1.165) is 46.6 Å². The molecule has 1 saturated heterocycles. The lowest BCUT2D eigenvalue weighted by atomic mass is 9.96. The van der Waals surface area contributed by atoms with Crippen LogP contribution in [0, 0.1) is 0 Å². The van der Waals surface area contributed by atoms with Crippen LogP contribution in [0.3, 0.4) is 0 Å². The first-order valence-corrected chi connectivity index (χ1v) is 13.6. The smallest absolute Gasteiger partial charge is 0.323 e. The van der Waals surface area contributed by atoms with Crippen molar-refractivity contribution < 1.29 is 18.9 Å². The molecule has 1 unspecified atom stereocenters. The van der Waals surface area contributed by atoms with Crippen molar-refractivity contribution >= 4 is 46.6 Å². The van der Waals surface area contributed by atoms with Crippen molar-refractivity contribution in [1.82, 2.24) is 8.87 Å². The van der Waals surface area contributed by atoms with Gasteiger partial charge < -0.3 is 13.9 Å². The molecule has 8 heteroatoms. The zero-order valence-corrected chi connectivity index (χ0v) is 21.4. The quantitative estimate of drug-likeness (QED) is 0.163. The van der Waals surface area contributed by atoms with Crippen molar-refractivity contribution in [2.24, 2.45) is 0 Å². The summed E-state index contributed by atoms with van der Waals surface area (Å²) in [5.74, 6) is 0.141. The maximum Gasteiger partial charge on any atom is 0.323 e. The Morgan fingerprint density at radius 1 is 1.03 bits per heavy atom. The summed E-state index contributed by atoms with van der Waals surface area (Å²) in [6, 6.07) is 22.9. The van der Waals surface area contributed by atoms with Gasteiger partial charge in [-0.05, 0) is 54.3 Å². The number of hydrogen-bond donors (Lipinski definition) is 1. The summed E-state index contributed by atoms with van der Waals surface area (Å²) in [7, 11) is 0. The first-order chi connectivity index (χ1) is 17.5. The Labute approximate surface area is 218 Å². The summed E-state index contributed by atoms with van der Waals surface area (Å²) in [4.78, 5) is 25.8. The molecule has 1 fully saturated rings. The van der Waals surface area contributed by atoms with Crippen molar-refractivity contribution in [2.45, 2.75) is 23.8 Å². The van der Waals surface area contributed by atoms with Gasteiger partial charge in [0.25, 0.3) is 0 Å². The number of hydrogen-bond acceptors (Lipinski definition) is 6. The lowest BCUT2D eigenvalue weighted by molar-refractivity contribution is -0.137. The number of carboxylic acids is 1. The first-order valence-electron chi connectivity index (χ1n) is 11.7. The van der Waals surface area contributed by atoms with Gasteiger partial charge in [0.05, 0.1) is 12.0 Å². The van der Waals surface area contributed by atoms with Gasteiger partial charge in [-0.15, -0.1) is 0 Å². The van der Waals surface area contributed by atoms with Crippen LogP contribution in [0.4, 0.5) is 0 Å².